The molecule has 0 radical (unpaired) electrons. The zero-order chi connectivity index (χ0) is 11.2. The van der Waals surface area contributed by atoms with E-state index < -0.39 is 0 Å². The molecule has 3 N–H and O–H groups in total. The van der Waals surface area contributed by atoms with E-state index in [9.17, 15) is 4.39 Å². The van der Waals surface area contributed by atoms with Crippen molar-refractivity contribution in [1.82, 2.24) is 10.2 Å². The summed E-state index contributed by atoms with van der Waals surface area (Å²) < 4.78 is 13.8. The lowest BCUT2D eigenvalue weighted by Crippen LogP contribution is -2.14. The Labute approximate surface area is 87.5 Å². The summed E-state index contributed by atoms with van der Waals surface area (Å²) in [6.07, 6.45) is 0. The van der Waals surface area contributed by atoms with Gasteiger partial charge in [-0.25, -0.2) is 4.39 Å². The van der Waals surface area contributed by atoms with Gasteiger partial charge in [0.1, 0.15) is 5.82 Å². The van der Waals surface area contributed by atoms with E-state index in [1.807, 2.05) is 20.8 Å². The molecule has 0 bridgehead atoms. The summed E-state index contributed by atoms with van der Waals surface area (Å²) in [5.74, 6) is 0.123. The highest BCUT2D eigenvalue weighted by Crippen LogP contribution is 2.34. The standard InChI is InChI=1S/C11H14FN3/c1-11(2,3)9-6(12)4-5-7-8(9)10(13)15-14-7/h4-5H,1-3H3,(H3,13,14,15). The molecule has 3 nitrogen and oxygen atoms in total. The smallest absolute Gasteiger partial charge is 0.153 e. The van der Waals surface area contributed by atoms with E-state index in [1.165, 1.54) is 6.07 Å². The predicted octanol–water partition coefficient (Wildman–Crippen LogP) is 2.58. The van der Waals surface area contributed by atoms with Gasteiger partial charge in [0.15, 0.2) is 5.82 Å². The van der Waals surface area contributed by atoms with Crippen LogP contribution >= 0.6 is 0 Å². The fourth-order valence-electron chi connectivity index (χ4n) is 1.85. The molecule has 0 amide bonds. The molecule has 0 aliphatic heterocycles. The predicted molar refractivity (Wildman–Crippen MR) is 59.2 cm³/mol. The van der Waals surface area contributed by atoms with Crippen molar-refractivity contribution in [3.05, 3.63) is 23.5 Å². The van der Waals surface area contributed by atoms with Gasteiger partial charge >= 0.3 is 0 Å². The number of fused-ring (bicyclic) bond motifs is 1. The van der Waals surface area contributed by atoms with Crippen LogP contribution in [0.5, 0.6) is 0 Å². The van der Waals surface area contributed by atoms with Gasteiger partial charge in [-0.05, 0) is 17.5 Å². The lowest BCUT2D eigenvalue weighted by atomic mass is 9.84. The second-order valence-electron chi connectivity index (χ2n) is 4.70. The maximum absolute atomic E-state index is 13.8. The van der Waals surface area contributed by atoms with E-state index >= 15 is 0 Å². The third-order valence-corrected chi connectivity index (χ3v) is 2.46. The van der Waals surface area contributed by atoms with Crippen LogP contribution in [0.3, 0.4) is 0 Å². The van der Waals surface area contributed by atoms with Crippen molar-refractivity contribution in [3.63, 3.8) is 0 Å². The SMILES string of the molecule is CC(C)(C)c1c(F)ccc2[nH]nc(N)c12. The molecule has 15 heavy (non-hydrogen) atoms. The molecular formula is C11H14FN3. The third-order valence-electron chi connectivity index (χ3n) is 2.46. The number of hydrogen-bond donors (Lipinski definition) is 2. The summed E-state index contributed by atoms with van der Waals surface area (Å²) in [5, 5.41) is 7.38. The molecule has 0 saturated carbocycles. The van der Waals surface area contributed by atoms with Gasteiger partial charge in [-0.3, -0.25) is 5.10 Å². The van der Waals surface area contributed by atoms with Crippen LogP contribution in [-0.2, 0) is 5.41 Å². The Morgan fingerprint density at radius 1 is 1.33 bits per heavy atom. The molecule has 0 aliphatic rings. The lowest BCUT2D eigenvalue weighted by Gasteiger charge is -2.20. The van der Waals surface area contributed by atoms with Crippen molar-refractivity contribution in [2.75, 3.05) is 5.73 Å². The van der Waals surface area contributed by atoms with Crippen LogP contribution < -0.4 is 5.73 Å². The average molecular weight is 207 g/mol. The molecule has 2 aromatic rings. The molecule has 1 heterocycles. The topological polar surface area (TPSA) is 54.7 Å². The van der Waals surface area contributed by atoms with E-state index in [-0.39, 0.29) is 11.2 Å². The Kier molecular flexibility index (Phi) is 1.96. The average Bonchev–Trinajstić information content (AvgIpc) is 2.46. The highest BCUT2D eigenvalue weighted by atomic mass is 19.1. The molecule has 2 rings (SSSR count). The van der Waals surface area contributed by atoms with Gasteiger partial charge < -0.3 is 5.73 Å². The number of nitrogens with zero attached hydrogens (tertiary/aromatic N) is 1. The molecule has 1 aromatic heterocycles. The number of aromatic nitrogens is 2. The summed E-state index contributed by atoms with van der Waals surface area (Å²) in [4.78, 5) is 0. The molecule has 0 fully saturated rings. The molecule has 0 aliphatic carbocycles. The number of aromatic amines is 1. The van der Waals surface area contributed by atoms with Gasteiger partial charge in [0.2, 0.25) is 0 Å². The highest BCUT2D eigenvalue weighted by molar-refractivity contribution is 5.92. The van der Waals surface area contributed by atoms with Crippen LogP contribution in [0.15, 0.2) is 12.1 Å². The fourth-order valence-corrected chi connectivity index (χ4v) is 1.85. The van der Waals surface area contributed by atoms with Gasteiger partial charge in [-0.15, -0.1) is 0 Å². The second-order valence-corrected chi connectivity index (χ2v) is 4.70. The first kappa shape index (κ1) is 9.96. The van der Waals surface area contributed by atoms with Gasteiger partial charge in [-0.2, -0.15) is 5.10 Å². The summed E-state index contributed by atoms with van der Waals surface area (Å²) in [5.41, 5.74) is 6.84. The summed E-state index contributed by atoms with van der Waals surface area (Å²) >= 11 is 0. The quantitative estimate of drug-likeness (QED) is 0.697. The zero-order valence-electron chi connectivity index (χ0n) is 9.06. The maximum Gasteiger partial charge on any atom is 0.153 e. The first-order chi connectivity index (χ1) is 6.91. The number of halogens is 1. The van der Waals surface area contributed by atoms with Gasteiger partial charge in [0, 0.05) is 5.56 Å². The van der Waals surface area contributed by atoms with E-state index in [0.717, 1.165) is 5.52 Å². The zero-order valence-corrected chi connectivity index (χ0v) is 9.06. The number of nitrogens with one attached hydrogen (secondary N) is 1. The Balaban J connectivity index is 2.90. The van der Waals surface area contributed by atoms with E-state index in [1.54, 1.807) is 6.07 Å². The Morgan fingerprint density at radius 2 is 2.00 bits per heavy atom. The van der Waals surface area contributed by atoms with E-state index in [4.69, 9.17) is 5.73 Å². The number of nitrogens with two attached hydrogens (primary N) is 1. The minimum absolute atomic E-state index is 0.233. The first-order valence-corrected chi connectivity index (χ1v) is 4.84. The maximum atomic E-state index is 13.8. The third kappa shape index (κ3) is 1.46. The molecule has 80 valence electrons. The van der Waals surface area contributed by atoms with E-state index in [0.29, 0.717) is 16.8 Å². The Hall–Kier alpha value is -1.58. The Morgan fingerprint density at radius 3 is 2.60 bits per heavy atom. The normalized spacial score (nSPS) is 12.3. The van der Waals surface area contributed by atoms with Crippen LogP contribution in [0.4, 0.5) is 10.2 Å². The van der Waals surface area contributed by atoms with Gasteiger partial charge in [0.25, 0.3) is 0 Å². The van der Waals surface area contributed by atoms with E-state index in [2.05, 4.69) is 10.2 Å². The molecular weight excluding hydrogens is 193 g/mol. The number of hydrogen-bond acceptors (Lipinski definition) is 2. The molecule has 1 aromatic carbocycles. The Bertz CT molecular complexity index is 508. The fraction of sp³-hybridized carbons (Fsp3) is 0.364. The van der Waals surface area contributed by atoms with Crippen LogP contribution in [0.25, 0.3) is 10.9 Å². The minimum Gasteiger partial charge on any atom is -0.382 e. The number of benzene rings is 1. The van der Waals surface area contributed by atoms with Crippen molar-refractivity contribution < 1.29 is 4.39 Å². The lowest BCUT2D eigenvalue weighted by molar-refractivity contribution is 0.529. The monoisotopic (exact) mass is 207 g/mol. The van der Waals surface area contributed by atoms with Crippen LogP contribution in [-0.4, -0.2) is 10.2 Å². The number of H-pyrrole nitrogens is 1. The molecule has 0 unspecified atom stereocenters. The van der Waals surface area contributed by atoms with Crippen molar-refractivity contribution in [2.45, 2.75) is 26.2 Å². The molecule has 0 atom stereocenters. The second kappa shape index (κ2) is 2.95. The number of nitrogen functional groups attached to an aromatic ring is 1. The highest BCUT2D eigenvalue weighted by Gasteiger charge is 2.23. The van der Waals surface area contributed by atoms with Crippen molar-refractivity contribution in [2.24, 2.45) is 0 Å². The summed E-state index contributed by atoms with van der Waals surface area (Å²) in [7, 11) is 0. The van der Waals surface area contributed by atoms with Crippen LogP contribution in [0.1, 0.15) is 26.3 Å². The van der Waals surface area contributed by atoms with Crippen molar-refractivity contribution in [3.8, 4) is 0 Å². The van der Waals surface area contributed by atoms with Crippen LogP contribution in [0, 0.1) is 5.82 Å². The molecule has 4 heteroatoms. The summed E-state index contributed by atoms with van der Waals surface area (Å²) in [6, 6.07) is 3.10. The van der Waals surface area contributed by atoms with Gasteiger partial charge in [0.05, 0.1) is 10.9 Å². The van der Waals surface area contributed by atoms with Gasteiger partial charge in [-0.1, -0.05) is 20.8 Å². The number of rotatable bonds is 0. The summed E-state index contributed by atoms with van der Waals surface area (Å²) in [6.45, 7) is 5.87. The molecule has 0 spiro atoms. The minimum atomic E-state index is -0.290. The largest absolute Gasteiger partial charge is 0.382 e. The van der Waals surface area contributed by atoms with Crippen molar-refractivity contribution >= 4 is 16.7 Å². The number of anilines is 1. The molecule has 0 saturated heterocycles. The first-order valence-electron chi connectivity index (χ1n) is 4.84. The van der Waals surface area contributed by atoms with Crippen molar-refractivity contribution in [1.29, 1.82) is 0 Å². The van der Waals surface area contributed by atoms with Crippen LogP contribution in [0.2, 0.25) is 0 Å².